The first-order valence-corrected chi connectivity index (χ1v) is 16.7. The number of hydrogen-bond acceptors (Lipinski definition) is 9. The van der Waals surface area contributed by atoms with Crippen molar-refractivity contribution < 1.29 is 31.9 Å². The van der Waals surface area contributed by atoms with E-state index in [4.69, 9.17) is 9.47 Å². The monoisotopic (exact) mass is 658 g/mol. The fourth-order valence-corrected chi connectivity index (χ4v) is 5.67. The van der Waals surface area contributed by atoms with Crippen molar-refractivity contribution >= 4 is 38.9 Å². The highest BCUT2D eigenvalue weighted by Gasteiger charge is 2.27. The van der Waals surface area contributed by atoms with Crippen molar-refractivity contribution in [3.8, 4) is 16.9 Å². The SMILES string of the molecule is COc1cc(S(C)(=O)=O)ccc1Nc1nc2ccc(-c3ccc(CC(=O)[C@H](CC(=O)OC(C)(C)C)c4ccc(F)cc4)cc3)cn2n1. The third-order valence-electron chi connectivity index (χ3n) is 7.30. The van der Waals surface area contributed by atoms with Crippen LogP contribution in [0.15, 0.2) is 90.0 Å². The number of ketones is 1. The molecule has 0 amide bonds. The van der Waals surface area contributed by atoms with Gasteiger partial charge in [-0.3, -0.25) is 9.59 Å². The van der Waals surface area contributed by atoms with E-state index < -0.39 is 33.1 Å². The van der Waals surface area contributed by atoms with Crippen molar-refractivity contribution in [2.24, 2.45) is 0 Å². The average molecular weight is 659 g/mol. The molecule has 12 heteroatoms. The van der Waals surface area contributed by atoms with Crippen molar-refractivity contribution in [2.75, 3.05) is 18.7 Å². The Hall–Kier alpha value is -5.10. The van der Waals surface area contributed by atoms with Gasteiger partial charge in [0.2, 0.25) is 5.95 Å². The Kier molecular flexibility index (Phi) is 9.43. The Morgan fingerprint density at radius 2 is 1.64 bits per heavy atom. The second-order valence-corrected chi connectivity index (χ2v) is 14.2. The van der Waals surface area contributed by atoms with E-state index in [1.165, 1.54) is 43.5 Å². The zero-order chi connectivity index (χ0) is 33.9. The number of carbonyl (C=O) groups is 2. The van der Waals surface area contributed by atoms with E-state index in [0.29, 0.717) is 28.6 Å². The van der Waals surface area contributed by atoms with Crippen LogP contribution in [-0.2, 0) is 30.6 Å². The van der Waals surface area contributed by atoms with Crippen LogP contribution in [0.25, 0.3) is 16.8 Å². The van der Waals surface area contributed by atoms with Gasteiger partial charge in [-0.2, -0.15) is 4.98 Å². The molecule has 5 rings (SSSR count). The van der Waals surface area contributed by atoms with Gasteiger partial charge in [-0.1, -0.05) is 36.4 Å². The number of aromatic nitrogens is 3. The summed E-state index contributed by atoms with van der Waals surface area (Å²) in [6.45, 7) is 5.29. The first-order valence-electron chi connectivity index (χ1n) is 14.8. The van der Waals surface area contributed by atoms with Gasteiger partial charge in [0.15, 0.2) is 15.5 Å². The molecule has 0 aliphatic carbocycles. The molecular formula is C35H35FN4O6S. The highest BCUT2D eigenvalue weighted by molar-refractivity contribution is 7.90. The Balaban J connectivity index is 1.31. The Morgan fingerprint density at radius 3 is 2.28 bits per heavy atom. The van der Waals surface area contributed by atoms with Crippen LogP contribution in [0.3, 0.4) is 0 Å². The first-order chi connectivity index (χ1) is 22.2. The molecule has 0 saturated carbocycles. The van der Waals surface area contributed by atoms with Crippen LogP contribution >= 0.6 is 0 Å². The molecular weight excluding hydrogens is 623 g/mol. The third-order valence-corrected chi connectivity index (χ3v) is 8.41. The van der Waals surface area contributed by atoms with Gasteiger partial charge in [-0.15, -0.1) is 5.10 Å². The summed E-state index contributed by atoms with van der Waals surface area (Å²) < 4.78 is 49.9. The summed E-state index contributed by atoms with van der Waals surface area (Å²) in [7, 11) is -1.95. The van der Waals surface area contributed by atoms with Crippen molar-refractivity contribution in [3.05, 3.63) is 102 Å². The maximum Gasteiger partial charge on any atom is 0.307 e. The topological polar surface area (TPSA) is 129 Å². The molecule has 2 aromatic heterocycles. The molecule has 1 atom stereocenters. The Labute approximate surface area is 272 Å². The van der Waals surface area contributed by atoms with Crippen LogP contribution in [0.1, 0.15) is 44.2 Å². The molecule has 0 saturated heterocycles. The van der Waals surface area contributed by atoms with E-state index in [1.54, 1.807) is 31.4 Å². The number of halogens is 1. The lowest BCUT2D eigenvalue weighted by molar-refractivity contribution is -0.156. The van der Waals surface area contributed by atoms with Crippen LogP contribution in [0, 0.1) is 5.82 Å². The number of methoxy groups -OCH3 is 1. The number of esters is 1. The van der Waals surface area contributed by atoms with Crippen LogP contribution in [-0.4, -0.2) is 53.7 Å². The number of anilines is 2. The number of ether oxygens (including phenoxy) is 2. The van der Waals surface area contributed by atoms with E-state index in [2.05, 4.69) is 15.4 Å². The standard InChI is InChI=1S/C35H35FN4O6S/c1-35(2,3)46-33(42)20-28(24-10-13-26(36)14-11-24)30(41)18-22-6-8-23(9-7-22)25-12-17-32-38-34(39-40(32)21-25)37-29-16-15-27(47(5,43)44)19-31(29)45-4/h6-17,19,21,28H,18,20H2,1-5H3,(H,37,39)/t28-/m1/s1. The number of nitrogens with zero attached hydrogens (tertiary/aromatic N) is 3. The highest BCUT2D eigenvalue weighted by atomic mass is 32.2. The van der Waals surface area contributed by atoms with Crippen molar-refractivity contribution in [1.82, 2.24) is 14.6 Å². The Morgan fingerprint density at radius 1 is 0.957 bits per heavy atom. The molecule has 1 N–H and O–H groups in total. The maximum atomic E-state index is 13.6. The lowest BCUT2D eigenvalue weighted by Crippen LogP contribution is -2.27. The molecule has 0 aliphatic heterocycles. The van der Waals surface area contributed by atoms with Gasteiger partial charge < -0.3 is 14.8 Å². The second-order valence-electron chi connectivity index (χ2n) is 12.1. The molecule has 244 valence electrons. The molecule has 3 aromatic carbocycles. The van der Waals surface area contributed by atoms with Gasteiger partial charge >= 0.3 is 5.97 Å². The molecule has 0 bridgehead atoms. The summed E-state index contributed by atoms with van der Waals surface area (Å²) in [6.07, 6.45) is 2.89. The predicted molar refractivity (Wildman–Crippen MR) is 176 cm³/mol. The van der Waals surface area contributed by atoms with Gasteiger partial charge in [0.1, 0.15) is 23.0 Å². The third kappa shape index (κ3) is 8.39. The number of pyridine rings is 1. The van der Waals surface area contributed by atoms with Gasteiger partial charge in [0, 0.05) is 30.5 Å². The van der Waals surface area contributed by atoms with Crippen molar-refractivity contribution in [1.29, 1.82) is 0 Å². The lowest BCUT2D eigenvalue weighted by Gasteiger charge is -2.22. The van der Waals surface area contributed by atoms with Crippen LogP contribution < -0.4 is 10.1 Å². The summed E-state index contributed by atoms with van der Waals surface area (Å²) in [5.74, 6) is -1.25. The summed E-state index contributed by atoms with van der Waals surface area (Å²) in [4.78, 5) is 30.7. The fourth-order valence-electron chi connectivity index (χ4n) is 5.03. The van der Waals surface area contributed by atoms with Crippen LogP contribution in [0.2, 0.25) is 0 Å². The number of sulfone groups is 1. The summed E-state index contributed by atoms with van der Waals surface area (Å²) in [6, 6.07) is 21.3. The summed E-state index contributed by atoms with van der Waals surface area (Å²) >= 11 is 0. The number of fused-ring (bicyclic) bond motifs is 1. The average Bonchev–Trinajstić information content (AvgIpc) is 3.41. The van der Waals surface area contributed by atoms with Crippen molar-refractivity contribution in [3.63, 3.8) is 0 Å². The zero-order valence-corrected chi connectivity index (χ0v) is 27.5. The molecule has 0 fully saturated rings. The smallest absolute Gasteiger partial charge is 0.307 e. The number of rotatable bonds is 11. The zero-order valence-electron chi connectivity index (χ0n) is 26.7. The van der Waals surface area contributed by atoms with E-state index in [0.717, 1.165) is 22.9 Å². The lowest BCUT2D eigenvalue weighted by atomic mass is 9.88. The first kappa shape index (κ1) is 33.3. The predicted octanol–water partition coefficient (Wildman–Crippen LogP) is 6.32. The minimum absolute atomic E-state index is 0.0802. The quantitative estimate of drug-likeness (QED) is 0.162. The van der Waals surface area contributed by atoms with Gasteiger partial charge in [-0.25, -0.2) is 17.3 Å². The molecule has 0 unspecified atom stereocenters. The van der Waals surface area contributed by atoms with E-state index >= 15 is 0 Å². The normalized spacial score (nSPS) is 12.5. The highest BCUT2D eigenvalue weighted by Crippen LogP contribution is 2.30. The number of nitrogens with one attached hydrogen (secondary N) is 1. The van der Waals surface area contributed by atoms with Gasteiger partial charge in [-0.05, 0) is 73.9 Å². The van der Waals surface area contributed by atoms with E-state index in [-0.39, 0.29) is 23.5 Å². The molecule has 0 spiro atoms. The molecule has 5 aromatic rings. The van der Waals surface area contributed by atoms with Crippen LogP contribution in [0.5, 0.6) is 5.75 Å². The van der Waals surface area contributed by atoms with E-state index in [1.807, 2.05) is 42.6 Å². The molecule has 2 heterocycles. The number of carbonyl (C=O) groups excluding carboxylic acids is 2. The minimum Gasteiger partial charge on any atom is -0.495 e. The number of Topliss-reactive ketones (excluding diaryl/α,β-unsaturated/α-hetero) is 1. The van der Waals surface area contributed by atoms with E-state index in [9.17, 15) is 22.4 Å². The number of benzene rings is 3. The summed E-state index contributed by atoms with van der Waals surface area (Å²) in [5, 5.41) is 7.59. The van der Waals surface area contributed by atoms with Gasteiger partial charge in [0.25, 0.3) is 0 Å². The second kappa shape index (κ2) is 13.3. The number of hydrogen-bond donors (Lipinski definition) is 1. The largest absolute Gasteiger partial charge is 0.495 e. The van der Waals surface area contributed by atoms with Gasteiger partial charge in [0.05, 0.1) is 30.0 Å². The minimum atomic E-state index is -3.40. The maximum absolute atomic E-state index is 13.6. The molecule has 0 aliphatic rings. The fraction of sp³-hybridized carbons (Fsp3) is 0.257. The van der Waals surface area contributed by atoms with Crippen molar-refractivity contribution in [2.45, 2.75) is 50.0 Å². The van der Waals surface area contributed by atoms with Crippen LogP contribution in [0.4, 0.5) is 16.0 Å². The molecule has 47 heavy (non-hydrogen) atoms. The molecule has 10 nitrogen and oxygen atoms in total. The molecule has 0 radical (unpaired) electrons. The summed E-state index contributed by atoms with van der Waals surface area (Å²) in [5.41, 5.74) is 3.46. The Bertz CT molecular complexity index is 2040.